The summed E-state index contributed by atoms with van der Waals surface area (Å²) in [4.78, 5) is 62.5. The number of anilines is 1. The third-order valence-corrected chi connectivity index (χ3v) is 10.7. The number of carboxylic acids is 1. The van der Waals surface area contributed by atoms with E-state index in [9.17, 15) is 34.5 Å². The number of nitrogens with two attached hydrogens (primary N) is 1. The topological polar surface area (TPSA) is 228 Å². The largest absolute Gasteiger partial charge is 1.00 e. The normalized spacial score (nSPS) is 19.4. The molecule has 46 heavy (non-hydrogen) atoms. The van der Waals surface area contributed by atoms with Crippen molar-refractivity contribution in [2.75, 3.05) is 16.4 Å². The Morgan fingerprint density at radius 1 is 1.22 bits per heavy atom. The molecule has 2 aliphatic heterocycles. The van der Waals surface area contributed by atoms with Crippen molar-refractivity contribution >= 4 is 64.4 Å². The van der Waals surface area contributed by atoms with E-state index in [1.165, 1.54) is 65.3 Å². The average Bonchev–Trinajstić information content (AvgIpc) is 3.78. The number of aromatic hydroxyl groups is 2. The smallest absolute Gasteiger partial charge is 0.543 e. The second-order valence-electron chi connectivity index (χ2n) is 10.4. The number of nitrogens with one attached hydrogen (secondary N) is 1. The molecule has 2 aromatic heterocycles. The first-order valence-corrected chi connectivity index (χ1v) is 16.4. The molecule has 3 aliphatic rings. The molecule has 19 heteroatoms. The van der Waals surface area contributed by atoms with E-state index in [1.54, 1.807) is 6.92 Å². The fraction of sp³-hybridized carbons (Fsp3) is 0.333. The van der Waals surface area contributed by atoms with Gasteiger partial charge in [-0.1, -0.05) is 35.2 Å². The second kappa shape index (κ2) is 13.7. The molecule has 15 nitrogen and oxygen atoms in total. The quantitative estimate of drug-likeness (QED) is 0.100. The number of amides is 4. The molecule has 5 N–H and O–H groups in total. The minimum absolute atomic E-state index is 0. The predicted octanol–water partition coefficient (Wildman–Crippen LogP) is -2.25. The number of urea groups is 1. The van der Waals surface area contributed by atoms with Crippen LogP contribution in [0.4, 0.5) is 10.5 Å². The number of aliphatic carboxylic acids is 1. The summed E-state index contributed by atoms with van der Waals surface area (Å²) >= 11 is 3.93. The van der Waals surface area contributed by atoms with E-state index < -0.39 is 47.2 Å². The van der Waals surface area contributed by atoms with Gasteiger partial charge in [0.1, 0.15) is 39.7 Å². The third-order valence-electron chi connectivity index (χ3n) is 7.34. The molecule has 234 valence electrons. The Balaban J connectivity index is 0.00000417. The van der Waals surface area contributed by atoms with Crippen LogP contribution in [0.25, 0.3) is 0 Å². The fourth-order valence-corrected chi connectivity index (χ4v) is 8.35. The Hall–Kier alpha value is -3.42. The number of hydrogen-bond donors (Lipinski definition) is 4. The molecule has 1 saturated heterocycles. The maximum atomic E-state index is 13.9. The molecule has 6 rings (SSSR count). The van der Waals surface area contributed by atoms with Gasteiger partial charge in [0, 0.05) is 17.4 Å². The van der Waals surface area contributed by atoms with Crippen LogP contribution in [0.3, 0.4) is 0 Å². The van der Waals surface area contributed by atoms with Gasteiger partial charge in [0.15, 0.2) is 4.34 Å². The van der Waals surface area contributed by atoms with E-state index in [0.717, 1.165) is 27.6 Å². The first-order chi connectivity index (χ1) is 21.5. The molecular formula is C27H25N8NaO7S3. The molecule has 3 atom stereocenters. The summed E-state index contributed by atoms with van der Waals surface area (Å²) in [6, 6.07) is 1.58. The first kappa shape index (κ1) is 33.9. The van der Waals surface area contributed by atoms with Gasteiger partial charge in [0.25, 0.3) is 5.91 Å². The number of carbonyl (C=O) groups is 4. The number of aryl methyl sites for hydroxylation is 1. The SMILES string of the molecule is Cc1nnc(SCC2=C(C(=O)[O-])N3C(=O)C(NC(=O)C(c4ccc(O)cc4)N(C(N)=O)c4cnc(C5CC5)nc4O)[C@@H]3SC2)s1.[Na+]. The number of aromatic nitrogens is 4. The van der Waals surface area contributed by atoms with E-state index in [1.807, 2.05) is 0 Å². The van der Waals surface area contributed by atoms with E-state index in [2.05, 4.69) is 25.5 Å². The Kier molecular flexibility index (Phi) is 10.1. The fourth-order valence-electron chi connectivity index (χ4n) is 5.05. The molecule has 3 aromatic rings. The number of carbonyl (C=O) groups excluding carboxylic acids is 4. The zero-order valence-corrected chi connectivity index (χ0v) is 28.9. The number of benzene rings is 1. The molecule has 0 radical (unpaired) electrons. The van der Waals surface area contributed by atoms with Gasteiger partial charge in [0.05, 0.1) is 17.9 Å². The molecule has 2 unspecified atom stereocenters. The Labute approximate surface area is 296 Å². The summed E-state index contributed by atoms with van der Waals surface area (Å²) in [5.74, 6) is -2.72. The second-order valence-corrected chi connectivity index (χ2v) is 13.9. The standard InChI is InChI=1S/C27H26N8O7S3.Na/c1-11-32-33-27(45-11)44-10-14-9-43-24-17(23(39)35(24)19(14)25(40)41)30-22(38)18(12-4-6-15(36)7-5-12)34(26(28)42)16-8-29-20(13-2-3-13)31-21(16)37;/h4-8,13,17-18,24,36H,2-3,9-10H2,1H3,(H2,28,42)(H,30,38)(H,40,41)(H,29,31,37);/q;+1/p-1/t17?,18?,24-;/m0./s1. The van der Waals surface area contributed by atoms with Crippen LogP contribution in [0.2, 0.25) is 0 Å². The Morgan fingerprint density at radius 3 is 2.52 bits per heavy atom. The Morgan fingerprint density at radius 2 is 1.93 bits per heavy atom. The van der Waals surface area contributed by atoms with E-state index in [-0.39, 0.29) is 69.7 Å². The van der Waals surface area contributed by atoms with Crippen molar-refractivity contribution in [2.45, 2.75) is 47.5 Å². The maximum Gasteiger partial charge on any atom is 1.00 e. The third kappa shape index (κ3) is 6.68. The Bertz CT molecular complexity index is 1740. The van der Waals surface area contributed by atoms with Crippen molar-refractivity contribution in [2.24, 2.45) is 5.73 Å². The molecule has 0 spiro atoms. The zero-order valence-electron chi connectivity index (χ0n) is 24.4. The van der Waals surface area contributed by atoms with Gasteiger partial charge in [-0.05, 0) is 43.0 Å². The van der Waals surface area contributed by atoms with E-state index >= 15 is 0 Å². The van der Waals surface area contributed by atoms with Crippen molar-refractivity contribution in [3.63, 3.8) is 0 Å². The molecule has 2 fully saturated rings. The molecule has 1 aliphatic carbocycles. The van der Waals surface area contributed by atoms with Crippen LogP contribution in [0, 0.1) is 6.92 Å². The van der Waals surface area contributed by atoms with Crippen LogP contribution in [-0.4, -0.2) is 82.0 Å². The summed E-state index contributed by atoms with van der Waals surface area (Å²) in [5, 5.41) is 43.4. The van der Waals surface area contributed by atoms with Gasteiger partial charge in [-0.3, -0.25) is 19.4 Å². The van der Waals surface area contributed by atoms with Gasteiger partial charge < -0.3 is 31.2 Å². The summed E-state index contributed by atoms with van der Waals surface area (Å²) in [6.45, 7) is 1.80. The number of β-lactam (4-membered cyclic amide) rings is 1. The van der Waals surface area contributed by atoms with Crippen molar-refractivity contribution in [1.29, 1.82) is 0 Å². The van der Waals surface area contributed by atoms with E-state index in [0.29, 0.717) is 15.7 Å². The summed E-state index contributed by atoms with van der Waals surface area (Å²) in [6.07, 6.45) is 2.93. The number of thioether (sulfide) groups is 2. The van der Waals surface area contributed by atoms with Crippen LogP contribution < -0.4 is 50.6 Å². The van der Waals surface area contributed by atoms with Crippen molar-refractivity contribution in [3.8, 4) is 11.6 Å². The number of rotatable bonds is 10. The molecule has 1 aromatic carbocycles. The summed E-state index contributed by atoms with van der Waals surface area (Å²) in [7, 11) is 0. The van der Waals surface area contributed by atoms with Gasteiger partial charge in [-0.15, -0.1) is 22.0 Å². The minimum atomic E-state index is -1.53. The number of hydrogen-bond acceptors (Lipinski definition) is 14. The van der Waals surface area contributed by atoms with Gasteiger partial charge >= 0.3 is 35.6 Å². The van der Waals surface area contributed by atoms with Crippen LogP contribution >= 0.6 is 34.9 Å². The molecule has 4 heterocycles. The summed E-state index contributed by atoms with van der Waals surface area (Å²) < 4.78 is 0.655. The van der Waals surface area contributed by atoms with Crippen LogP contribution in [0.15, 0.2) is 46.1 Å². The summed E-state index contributed by atoms with van der Waals surface area (Å²) in [5.41, 5.74) is 5.90. The molecule has 4 amide bonds. The molecule has 1 saturated carbocycles. The number of nitrogens with zero attached hydrogens (tertiary/aromatic N) is 6. The van der Waals surface area contributed by atoms with Gasteiger partial charge in [-0.2, -0.15) is 4.98 Å². The van der Waals surface area contributed by atoms with Crippen molar-refractivity contribution in [1.82, 2.24) is 30.4 Å². The maximum absolute atomic E-state index is 13.9. The van der Waals surface area contributed by atoms with Crippen molar-refractivity contribution < 1.29 is 64.1 Å². The monoisotopic (exact) mass is 692 g/mol. The van der Waals surface area contributed by atoms with Crippen molar-refractivity contribution in [3.05, 3.63) is 58.1 Å². The number of fused-ring (bicyclic) bond motifs is 1. The predicted molar refractivity (Wildman–Crippen MR) is 161 cm³/mol. The van der Waals surface area contributed by atoms with Crippen LogP contribution in [-0.2, 0) is 14.4 Å². The number of carboxylic acid groups (broad SMARTS) is 1. The van der Waals surface area contributed by atoms with Crippen LogP contribution in [0.1, 0.15) is 41.2 Å². The van der Waals surface area contributed by atoms with E-state index in [4.69, 9.17) is 5.73 Å². The van der Waals surface area contributed by atoms with Gasteiger partial charge in [-0.25, -0.2) is 9.78 Å². The van der Waals surface area contributed by atoms with Crippen LogP contribution in [0.5, 0.6) is 11.6 Å². The minimum Gasteiger partial charge on any atom is -0.543 e. The molecule has 0 bridgehead atoms. The average molecular weight is 693 g/mol. The number of phenols is 1. The first-order valence-electron chi connectivity index (χ1n) is 13.6. The van der Waals surface area contributed by atoms with Gasteiger partial charge in [0.2, 0.25) is 11.8 Å². The number of primary amides is 1. The molecular weight excluding hydrogens is 668 g/mol. The number of phenolic OH excluding ortho intramolecular Hbond substituents is 1. The zero-order chi connectivity index (χ0) is 32.0.